The number of rotatable bonds is 16. The lowest BCUT2D eigenvalue weighted by Gasteiger charge is -2.42. The van der Waals surface area contributed by atoms with E-state index in [1.165, 1.54) is 0 Å². The molecule has 0 fully saturated rings. The Bertz CT molecular complexity index is 1970. The SMILES string of the molecule is CNc1ccc(C(OCC(C)(CO)COC(c2ccccc2)(c2ccc(C)cc2)c2ccc(OC)cc2)(c2ccccc2)c2ccc(OC)cc2)cc1. The van der Waals surface area contributed by atoms with E-state index in [2.05, 4.69) is 97.2 Å². The molecular formula is C47H49NO5. The number of hydrogen-bond acceptors (Lipinski definition) is 6. The van der Waals surface area contributed by atoms with Crippen LogP contribution in [0.2, 0.25) is 0 Å². The van der Waals surface area contributed by atoms with Gasteiger partial charge >= 0.3 is 0 Å². The fourth-order valence-electron chi connectivity index (χ4n) is 6.85. The highest BCUT2D eigenvalue weighted by Crippen LogP contribution is 2.45. The van der Waals surface area contributed by atoms with Crippen LogP contribution in [0, 0.1) is 12.3 Å². The van der Waals surface area contributed by atoms with Crippen molar-refractivity contribution in [1.29, 1.82) is 0 Å². The van der Waals surface area contributed by atoms with Gasteiger partial charge in [-0.05, 0) is 76.7 Å². The Hall–Kier alpha value is -5.40. The molecule has 0 aromatic heterocycles. The molecule has 0 aliphatic heterocycles. The van der Waals surface area contributed by atoms with E-state index in [1.807, 2.05) is 86.8 Å². The van der Waals surface area contributed by atoms with Gasteiger partial charge in [0.05, 0.1) is 34.0 Å². The number of aryl methyl sites for hydroxylation is 1. The Kier molecular flexibility index (Phi) is 11.6. The van der Waals surface area contributed by atoms with Gasteiger partial charge in [0.15, 0.2) is 0 Å². The first-order valence-electron chi connectivity index (χ1n) is 17.9. The summed E-state index contributed by atoms with van der Waals surface area (Å²) in [5, 5.41) is 14.5. The third-order valence-corrected chi connectivity index (χ3v) is 10.0. The molecule has 2 N–H and O–H groups in total. The first-order chi connectivity index (χ1) is 25.8. The molecule has 0 radical (unpaired) electrons. The summed E-state index contributed by atoms with van der Waals surface area (Å²) in [6, 6.07) is 53.3. The number of methoxy groups -OCH3 is 2. The van der Waals surface area contributed by atoms with Crippen LogP contribution in [0.3, 0.4) is 0 Å². The molecule has 0 heterocycles. The van der Waals surface area contributed by atoms with Gasteiger partial charge in [-0.2, -0.15) is 0 Å². The molecule has 272 valence electrons. The molecule has 3 unspecified atom stereocenters. The standard InChI is InChI=1S/C47H49NO5/c1-35-16-18-38(19-17-35)46(36-12-8-6-9-13-36,40-22-28-43(50-4)29-23-40)52-33-45(2,32-49)34-53-47(37-14-10-7-11-15-37,39-20-26-42(48-3)27-21-39)41-24-30-44(51-5)31-25-41/h6-31,48-49H,32-34H2,1-5H3. The van der Waals surface area contributed by atoms with E-state index in [1.54, 1.807) is 14.2 Å². The maximum absolute atomic E-state index is 11.2. The summed E-state index contributed by atoms with van der Waals surface area (Å²) in [7, 11) is 5.24. The molecule has 6 rings (SSSR count). The Balaban J connectivity index is 1.45. The Morgan fingerprint density at radius 3 is 1.17 bits per heavy atom. The van der Waals surface area contributed by atoms with Gasteiger partial charge in [0.1, 0.15) is 22.7 Å². The highest BCUT2D eigenvalue weighted by Gasteiger charge is 2.43. The van der Waals surface area contributed by atoms with Crippen LogP contribution in [-0.2, 0) is 20.7 Å². The molecule has 6 nitrogen and oxygen atoms in total. The number of aliphatic hydroxyl groups is 1. The van der Waals surface area contributed by atoms with E-state index >= 15 is 0 Å². The Morgan fingerprint density at radius 1 is 0.491 bits per heavy atom. The minimum absolute atomic E-state index is 0.166. The van der Waals surface area contributed by atoms with E-state index in [0.29, 0.717) is 0 Å². The summed E-state index contributed by atoms with van der Waals surface area (Å²) in [6.07, 6.45) is 0. The van der Waals surface area contributed by atoms with Crippen LogP contribution in [-0.4, -0.2) is 46.2 Å². The number of ether oxygens (including phenoxy) is 4. The zero-order chi connectivity index (χ0) is 37.3. The molecule has 0 bridgehead atoms. The van der Waals surface area contributed by atoms with Gasteiger partial charge < -0.3 is 29.4 Å². The zero-order valence-electron chi connectivity index (χ0n) is 31.2. The van der Waals surface area contributed by atoms with Gasteiger partial charge in [0.2, 0.25) is 0 Å². The lowest BCUT2D eigenvalue weighted by Crippen LogP contribution is -2.43. The molecule has 0 spiro atoms. The maximum atomic E-state index is 11.2. The number of aliphatic hydroxyl groups excluding tert-OH is 1. The summed E-state index contributed by atoms with van der Waals surface area (Å²) in [5.74, 6) is 1.51. The number of benzene rings is 6. The summed E-state index contributed by atoms with van der Waals surface area (Å²) in [5.41, 5.74) is 4.99. The van der Waals surface area contributed by atoms with Crippen molar-refractivity contribution in [2.45, 2.75) is 25.0 Å². The quantitative estimate of drug-likeness (QED) is 0.0978. The molecular weight excluding hydrogens is 659 g/mol. The lowest BCUT2D eigenvalue weighted by molar-refractivity contribution is -0.107. The summed E-state index contributed by atoms with van der Waals surface area (Å²) >= 11 is 0. The first kappa shape index (κ1) is 37.4. The molecule has 6 heteroatoms. The highest BCUT2D eigenvalue weighted by molar-refractivity contribution is 5.53. The predicted molar refractivity (Wildman–Crippen MR) is 213 cm³/mol. The van der Waals surface area contributed by atoms with Crippen LogP contribution in [0.15, 0.2) is 158 Å². The van der Waals surface area contributed by atoms with E-state index in [-0.39, 0.29) is 19.8 Å². The number of nitrogens with one attached hydrogen (secondary N) is 1. The fourth-order valence-corrected chi connectivity index (χ4v) is 6.85. The van der Waals surface area contributed by atoms with Crippen LogP contribution >= 0.6 is 0 Å². The van der Waals surface area contributed by atoms with Crippen molar-refractivity contribution in [1.82, 2.24) is 0 Å². The van der Waals surface area contributed by atoms with E-state index in [0.717, 1.165) is 56.1 Å². The topological polar surface area (TPSA) is 69.2 Å². The van der Waals surface area contributed by atoms with Crippen LogP contribution in [0.25, 0.3) is 0 Å². The molecule has 0 amide bonds. The van der Waals surface area contributed by atoms with Crippen molar-refractivity contribution in [2.75, 3.05) is 46.4 Å². The summed E-state index contributed by atoms with van der Waals surface area (Å²) < 4.78 is 25.7. The molecule has 0 aliphatic rings. The second-order valence-corrected chi connectivity index (χ2v) is 13.8. The third kappa shape index (κ3) is 7.72. The minimum atomic E-state index is -1.03. The van der Waals surface area contributed by atoms with Gasteiger partial charge in [0, 0.05) is 18.2 Å². The van der Waals surface area contributed by atoms with Crippen molar-refractivity contribution in [2.24, 2.45) is 5.41 Å². The number of anilines is 1. The molecule has 53 heavy (non-hydrogen) atoms. The highest BCUT2D eigenvalue weighted by atomic mass is 16.5. The lowest BCUT2D eigenvalue weighted by atomic mass is 9.79. The predicted octanol–water partition coefficient (Wildman–Crippen LogP) is 9.37. The van der Waals surface area contributed by atoms with Crippen molar-refractivity contribution < 1.29 is 24.1 Å². The molecule has 0 saturated heterocycles. The second-order valence-electron chi connectivity index (χ2n) is 13.8. The van der Waals surface area contributed by atoms with Crippen LogP contribution in [0.4, 0.5) is 5.69 Å². The monoisotopic (exact) mass is 707 g/mol. The van der Waals surface area contributed by atoms with Crippen LogP contribution in [0.1, 0.15) is 45.9 Å². The summed E-state index contributed by atoms with van der Waals surface area (Å²) in [4.78, 5) is 0. The van der Waals surface area contributed by atoms with Crippen molar-refractivity contribution in [3.05, 3.63) is 197 Å². The van der Waals surface area contributed by atoms with Gasteiger partial charge in [-0.3, -0.25) is 0 Å². The van der Waals surface area contributed by atoms with Crippen molar-refractivity contribution in [3.63, 3.8) is 0 Å². The Labute approximate surface area is 314 Å². The molecule has 6 aromatic rings. The number of hydrogen-bond donors (Lipinski definition) is 2. The molecule has 0 saturated carbocycles. The van der Waals surface area contributed by atoms with E-state index in [9.17, 15) is 5.11 Å². The van der Waals surface area contributed by atoms with Gasteiger partial charge in [-0.25, -0.2) is 0 Å². The average molecular weight is 708 g/mol. The maximum Gasteiger partial charge on any atom is 0.143 e. The van der Waals surface area contributed by atoms with E-state index < -0.39 is 16.6 Å². The fraction of sp³-hybridized carbons (Fsp3) is 0.234. The van der Waals surface area contributed by atoms with Crippen molar-refractivity contribution in [3.8, 4) is 11.5 Å². The minimum Gasteiger partial charge on any atom is -0.497 e. The smallest absolute Gasteiger partial charge is 0.143 e. The second kappa shape index (κ2) is 16.5. The van der Waals surface area contributed by atoms with Gasteiger partial charge in [0.25, 0.3) is 0 Å². The molecule has 0 aliphatic carbocycles. The van der Waals surface area contributed by atoms with Gasteiger partial charge in [-0.15, -0.1) is 0 Å². The van der Waals surface area contributed by atoms with E-state index in [4.69, 9.17) is 18.9 Å². The Morgan fingerprint density at radius 2 is 0.830 bits per heavy atom. The average Bonchev–Trinajstić information content (AvgIpc) is 3.23. The first-order valence-corrected chi connectivity index (χ1v) is 17.9. The van der Waals surface area contributed by atoms with Gasteiger partial charge in [-0.1, -0.05) is 134 Å². The van der Waals surface area contributed by atoms with Crippen LogP contribution in [0.5, 0.6) is 11.5 Å². The normalized spacial score (nSPS) is 14.7. The third-order valence-electron chi connectivity index (χ3n) is 10.0. The largest absolute Gasteiger partial charge is 0.497 e. The molecule has 6 aromatic carbocycles. The molecule has 3 atom stereocenters. The van der Waals surface area contributed by atoms with Crippen molar-refractivity contribution >= 4 is 5.69 Å². The zero-order valence-corrected chi connectivity index (χ0v) is 31.2. The van der Waals surface area contributed by atoms with Crippen LogP contribution < -0.4 is 14.8 Å². The summed E-state index contributed by atoms with van der Waals surface area (Å²) in [6.45, 7) is 4.25.